The summed E-state index contributed by atoms with van der Waals surface area (Å²) in [6, 6.07) is 16.3. The highest BCUT2D eigenvalue weighted by atomic mass is 16.7. The monoisotopic (exact) mass is 453 g/mol. The van der Waals surface area contributed by atoms with E-state index in [0.29, 0.717) is 6.54 Å². The summed E-state index contributed by atoms with van der Waals surface area (Å²) in [5.41, 5.74) is 2.09. The third-order valence-corrected chi connectivity index (χ3v) is 7.29. The number of hydrogen-bond acceptors (Lipinski definition) is 5. The smallest absolute Gasteiger partial charge is 0.318 e. The molecular formula is C26H35N3O4. The molecule has 7 nitrogen and oxygen atoms in total. The van der Waals surface area contributed by atoms with Crippen molar-refractivity contribution >= 4 is 6.03 Å². The summed E-state index contributed by atoms with van der Waals surface area (Å²) in [6.07, 6.45) is 3.78. The van der Waals surface area contributed by atoms with Crippen LogP contribution in [0.3, 0.4) is 0 Å². The molecule has 0 aromatic heterocycles. The van der Waals surface area contributed by atoms with Gasteiger partial charge >= 0.3 is 6.03 Å². The maximum absolute atomic E-state index is 12.8. The third kappa shape index (κ3) is 4.80. The third-order valence-electron chi connectivity index (χ3n) is 7.29. The van der Waals surface area contributed by atoms with Crippen LogP contribution in [0.15, 0.2) is 48.5 Å². The number of carbonyl (C=O) groups is 1. The van der Waals surface area contributed by atoms with Gasteiger partial charge in [-0.3, -0.25) is 4.90 Å². The molecule has 7 heteroatoms. The van der Waals surface area contributed by atoms with Crippen molar-refractivity contribution in [2.24, 2.45) is 0 Å². The fourth-order valence-corrected chi connectivity index (χ4v) is 5.28. The minimum Gasteiger partial charge on any atom is -0.497 e. The second-order valence-corrected chi connectivity index (χ2v) is 9.42. The molecule has 1 saturated heterocycles. The average molecular weight is 454 g/mol. The SMILES string of the molecule is COCOc1cccc([C@]2(N(C)C)CC[C@@]3(CC2)CN(Cc2ccc(OC)cc2)C(=O)N3)c1. The van der Waals surface area contributed by atoms with E-state index in [4.69, 9.17) is 14.2 Å². The van der Waals surface area contributed by atoms with Gasteiger partial charge in [-0.05, 0) is 75.2 Å². The van der Waals surface area contributed by atoms with E-state index >= 15 is 0 Å². The molecule has 1 N–H and O–H groups in total. The number of methoxy groups -OCH3 is 2. The molecule has 2 fully saturated rings. The van der Waals surface area contributed by atoms with E-state index in [1.807, 2.05) is 41.3 Å². The van der Waals surface area contributed by atoms with Gasteiger partial charge in [0, 0.05) is 25.7 Å². The van der Waals surface area contributed by atoms with E-state index in [1.165, 1.54) is 5.56 Å². The molecule has 1 heterocycles. The first-order chi connectivity index (χ1) is 15.9. The second kappa shape index (κ2) is 9.61. The highest BCUT2D eigenvalue weighted by Gasteiger charge is 2.50. The standard InChI is InChI=1S/C26H35N3O4/c1-28(2)26(21-6-5-7-23(16-21)33-19-31-3)14-12-25(13-15-26)18-29(24(30)27-25)17-20-8-10-22(32-4)11-9-20/h5-11,16H,12-15,17-19H2,1-4H3,(H,27,30)/t25-,26+. The Bertz CT molecular complexity index is 952. The van der Waals surface area contributed by atoms with Gasteiger partial charge in [0.1, 0.15) is 11.5 Å². The molecule has 1 saturated carbocycles. The van der Waals surface area contributed by atoms with Crippen LogP contribution in [0.4, 0.5) is 4.79 Å². The topological polar surface area (TPSA) is 63.3 Å². The lowest BCUT2D eigenvalue weighted by atomic mass is 9.69. The van der Waals surface area contributed by atoms with E-state index in [-0.39, 0.29) is 23.9 Å². The lowest BCUT2D eigenvalue weighted by Crippen LogP contribution is -2.54. The maximum Gasteiger partial charge on any atom is 0.318 e. The number of carbonyl (C=O) groups excluding carboxylic acids is 1. The minimum atomic E-state index is -0.173. The van der Waals surface area contributed by atoms with E-state index in [0.717, 1.165) is 49.3 Å². The van der Waals surface area contributed by atoms with Gasteiger partial charge in [-0.15, -0.1) is 0 Å². The van der Waals surface area contributed by atoms with Crippen molar-refractivity contribution in [3.8, 4) is 11.5 Å². The molecule has 2 aromatic carbocycles. The van der Waals surface area contributed by atoms with Crippen LogP contribution in [0.25, 0.3) is 0 Å². The number of ether oxygens (including phenoxy) is 3. The number of hydrogen-bond donors (Lipinski definition) is 1. The van der Waals surface area contributed by atoms with Gasteiger partial charge in [0.25, 0.3) is 0 Å². The van der Waals surface area contributed by atoms with Gasteiger partial charge in [-0.2, -0.15) is 0 Å². The second-order valence-electron chi connectivity index (χ2n) is 9.42. The van der Waals surface area contributed by atoms with Gasteiger partial charge in [-0.25, -0.2) is 4.79 Å². The van der Waals surface area contributed by atoms with Crippen LogP contribution >= 0.6 is 0 Å². The van der Waals surface area contributed by atoms with Crippen molar-refractivity contribution in [2.45, 2.75) is 43.3 Å². The van der Waals surface area contributed by atoms with Gasteiger partial charge in [0.15, 0.2) is 6.79 Å². The summed E-state index contributed by atoms with van der Waals surface area (Å²) in [7, 11) is 7.57. The number of nitrogens with zero attached hydrogens (tertiary/aromatic N) is 2. The number of urea groups is 1. The first kappa shape index (κ1) is 23.4. The van der Waals surface area contributed by atoms with Crippen molar-refractivity contribution in [1.82, 2.24) is 15.1 Å². The molecule has 2 aromatic rings. The number of benzene rings is 2. The molecular weight excluding hydrogens is 418 g/mol. The van der Waals surface area contributed by atoms with Crippen molar-refractivity contribution in [2.75, 3.05) is 41.7 Å². The predicted octanol–water partition coefficient (Wildman–Crippen LogP) is 3.97. The zero-order chi connectivity index (χ0) is 23.5. The van der Waals surface area contributed by atoms with Gasteiger partial charge in [0.05, 0.1) is 12.6 Å². The molecule has 4 rings (SSSR count). The molecule has 0 radical (unpaired) electrons. The summed E-state index contributed by atoms with van der Waals surface area (Å²) >= 11 is 0. The van der Waals surface area contributed by atoms with Gasteiger partial charge in [-0.1, -0.05) is 24.3 Å². The number of amides is 2. The van der Waals surface area contributed by atoms with Crippen molar-refractivity contribution in [3.05, 3.63) is 59.7 Å². The molecule has 178 valence electrons. The Labute approximate surface area is 196 Å². The van der Waals surface area contributed by atoms with Crippen LogP contribution in [0.2, 0.25) is 0 Å². The Morgan fingerprint density at radius 3 is 2.36 bits per heavy atom. The molecule has 0 unspecified atom stereocenters. The predicted molar refractivity (Wildman–Crippen MR) is 127 cm³/mol. The molecule has 1 aliphatic heterocycles. The Hall–Kier alpha value is -2.77. The Morgan fingerprint density at radius 2 is 1.73 bits per heavy atom. The van der Waals surface area contributed by atoms with E-state index < -0.39 is 0 Å². The van der Waals surface area contributed by atoms with Crippen LogP contribution in [-0.4, -0.2) is 63.0 Å². The summed E-state index contributed by atoms with van der Waals surface area (Å²) in [5, 5.41) is 3.33. The molecule has 0 bridgehead atoms. The molecule has 1 spiro atoms. The largest absolute Gasteiger partial charge is 0.497 e. The fraction of sp³-hybridized carbons (Fsp3) is 0.500. The Kier molecular flexibility index (Phi) is 6.81. The van der Waals surface area contributed by atoms with Gasteiger partial charge < -0.3 is 24.4 Å². The van der Waals surface area contributed by atoms with Crippen molar-refractivity contribution < 1.29 is 19.0 Å². The van der Waals surface area contributed by atoms with Crippen molar-refractivity contribution in [3.63, 3.8) is 0 Å². The normalized spacial score (nSPS) is 24.9. The average Bonchev–Trinajstić information content (AvgIpc) is 3.13. The summed E-state index contributed by atoms with van der Waals surface area (Å²) < 4.78 is 16.0. The molecule has 0 atom stereocenters. The van der Waals surface area contributed by atoms with E-state index in [9.17, 15) is 4.79 Å². The maximum atomic E-state index is 12.8. The number of rotatable bonds is 8. The van der Waals surface area contributed by atoms with Crippen LogP contribution in [0.5, 0.6) is 11.5 Å². The Balaban J connectivity index is 1.46. The summed E-state index contributed by atoms with van der Waals surface area (Å²) in [5.74, 6) is 1.64. The van der Waals surface area contributed by atoms with Crippen LogP contribution in [0, 0.1) is 0 Å². The van der Waals surface area contributed by atoms with E-state index in [1.54, 1.807) is 14.2 Å². The van der Waals surface area contributed by atoms with Crippen LogP contribution in [-0.2, 0) is 16.8 Å². The summed E-state index contributed by atoms with van der Waals surface area (Å²) in [6.45, 7) is 1.57. The van der Waals surface area contributed by atoms with Crippen molar-refractivity contribution in [1.29, 1.82) is 0 Å². The molecule has 2 aliphatic rings. The fourth-order valence-electron chi connectivity index (χ4n) is 5.28. The first-order valence-electron chi connectivity index (χ1n) is 11.5. The minimum absolute atomic E-state index is 0.0261. The zero-order valence-corrected chi connectivity index (χ0v) is 20.1. The molecule has 33 heavy (non-hydrogen) atoms. The van der Waals surface area contributed by atoms with E-state index in [2.05, 4.69) is 36.4 Å². The lowest BCUT2D eigenvalue weighted by molar-refractivity contribution is 0.0488. The highest BCUT2D eigenvalue weighted by molar-refractivity contribution is 5.78. The summed E-state index contributed by atoms with van der Waals surface area (Å²) in [4.78, 5) is 17.1. The highest BCUT2D eigenvalue weighted by Crippen LogP contribution is 2.46. The van der Waals surface area contributed by atoms with Crippen LogP contribution in [0.1, 0.15) is 36.8 Å². The zero-order valence-electron chi connectivity index (χ0n) is 20.1. The first-order valence-corrected chi connectivity index (χ1v) is 11.5. The molecule has 1 aliphatic carbocycles. The lowest BCUT2D eigenvalue weighted by Gasteiger charge is -2.48. The van der Waals surface area contributed by atoms with Gasteiger partial charge in [0.2, 0.25) is 0 Å². The number of nitrogens with one attached hydrogen (secondary N) is 1. The quantitative estimate of drug-likeness (QED) is 0.613. The van der Waals surface area contributed by atoms with Crippen LogP contribution < -0.4 is 14.8 Å². The molecule has 2 amide bonds. The Morgan fingerprint density at radius 1 is 1.00 bits per heavy atom.